The van der Waals surface area contributed by atoms with Crippen molar-refractivity contribution < 1.29 is 70.6 Å². The summed E-state index contributed by atoms with van der Waals surface area (Å²) < 4.78 is 32.3. The van der Waals surface area contributed by atoms with Crippen LogP contribution in [0.3, 0.4) is 0 Å². The van der Waals surface area contributed by atoms with Crippen LogP contribution < -0.4 is 77.2 Å². The Kier molecular flexibility index (Phi) is 53.9. The van der Waals surface area contributed by atoms with Crippen LogP contribution in [0.4, 0.5) is 0 Å². The molecule has 11 aromatic carbocycles. The van der Waals surface area contributed by atoms with Gasteiger partial charge in [-0.2, -0.15) is 0 Å². The van der Waals surface area contributed by atoms with Crippen molar-refractivity contribution in [3.63, 3.8) is 0 Å². The highest BCUT2D eigenvalue weighted by Crippen LogP contribution is 2.57. The van der Waals surface area contributed by atoms with Gasteiger partial charge in [-0.3, -0.25) is 0 Å². The lowest BCUT2D eigenvalue weighted by atomic mass is 9.74. The van der Waals surface area contributed by atoms with E-state index in [1.807, 2.05) is 42.5 Å². The molecule has 147 heavy (non-hydrogen) atoms. The Morgan fingerprint density at radius 2 is 0.537 bits per heavy atom. The van der Waals surface area contributed by atoms with E-state index in [2.05, 4.69) is 278 Å². The van der Waals surface area contributed by atoms with Gasteiger partial charge in [-0.1, -0.05) is 392 Å². The van der Waals surface area contributed by atoms with Gasteiger partial charge in [-0.05, 0) is 261 Å². The Morgan fingerprint density at radius 3 is 0.837 bits per heavy atom. The number of rotatable bonds is 43. The standard InChI is InChI=1S/C23H26P.C23H25P.C19H30O2.C19H28O2.C17H26O2.C17H24O2.C14H18O3.CH4.BrH/c2*1-2-3-13-20-24(21-14-7-4-8-15-21,22-16-9-5-10-17-22)23-18-11-6-12-19-23;2*1-4-5-6-7-10-19(11-8-9-12-19)16-13-17(20-2)15-18(14-16)21-3;2*1-2-3-4-5-8-17(9-6-7-10-17)14-11-15(18)13-16(19)12-14;1-16-12-7-11(8-13(9-12)17-2)14(10-15)5-3-4-6-14;;/h4-12,14-19H,2-3,13,20H2,1H3;4-12,14-20H,2-3,13H2,1H3;13-15H,4-12H2,1-3H3;7,10,13-15H,4-6,8-9,11-12H2,1-3H3;11-13,18-19H,2-10H2,1H3;5,8,11-13,18-19H,2-4,6-7,9-10H2,1H3;7-10H,3-6H2,1-2H3;1H4;1H/q+1;;;;;;;;/p-1/b;;;10-7-;;8-5-;;;. The van der Waals surface area contributed by atoms with E-state index in [1.54, 1.807) is 54.8 Å². The van der Waals surface area contributed by atoms with Crippen LogP contribution in [0.25, 0.3) is 0 Å². The van der Waals surface area contributed by atoms with Gasteiger partial charge in [0.15, 0.2) is 0 Å². The fourth-order valence-electron chi connectivity index (χ4n) is 22.9. The number of carbonyl (C=O) groups excluding carboxylic acids is 1. The summed E-state index contributed by atoms with van der Waals surface area (Å²) in [6.45, 7) is 11.8. The first-order valence-corrected chi connectivity index (χ1v) is 59.2. The number of ether oxygens (including phenoxy) is 6. The quantitative estimate of drug-likeness (QED) is 0.0125. The van der Waals surface area contributed by atoms with E-state index in [0.717, 1.165) is 109 Å². The summed E-state index contributed by atoms with van der Waals surface area (Å²) in [4.78, 5) is 11.4. The SMILES string of the molecule is C.CCCC/C=C\C1(c2cc(O)cc(O)c2)CCCC1.CCCC/C=C\C1(c2cc(OC)cc(OC)c2)CCCC1.CCCCC=P(c1ccccc1)(c1ccccc1)c1ccccc1.CCCCCCC1(c2cc(O)cc(O)c2)CCCC1.CCCCCCC1(c2cc(OC)cc(OC)c2)CCCC1.CCCCC[P+](c1ccccc1)(c1ccccc1)c1ccccc1.COc1cc(OC)cc(C2(C=O)CCCC2)c1.[Br-]. The lowest BCUT2D eigenvalue weighted by Crippen LogP contribution is -3.00. The maximum atomic E-state index is 11.4. The molecule has 796 valence electrons. The van der Waals surface area contributed by atoms with Gasteiger partial charge in [0.05, 0.1) is 54.2 Å². The molecule has 0 atom stereocenters. The number of aldehydes is 1. The highest BCUT2D eigenvalue weighted by atomic mass is 79.9. The molecule has 0 bridgehead atoms. The first-order valence-electron chi connectivity index (χ1n) is 55.3. The number of allylic oxidation sites excluding steroid dienone is 4. The van der Waals surface area contributed by atoms with Gasteiger partial charge in [0, 0.05) is 41.2 Å². The van der Waals surface area contributed by atoms with Crippen LogP contribution in [-0.2, 0) is 31.9 Å². The summed E-state index contributed by atoms with van der Waals surface area (Å²) >= 11 is 0. The second-order valence-electron chi connectivity index (χ2n) is 41.0. The molecule has 0 amide bonds. The molecule has 5 saturated carbocycles. The lowest BCUT2D eigenvalue weighted by molar-refractivity contribution is -0.112. The fraction of sp³-hybridized carbons (Fsp3) is 0.459. The molecule has 0 aromatic heterocycles. The average Bonchev–Trinajstić information content (AvgIpc) is 1.74. The minimum absolute atomic E-state index is 0. The molecule has 0 spiro atoms. The summed E-state index contributed by atoms with van der Waals surface area (Å²) in [7, 11) is 8.58. The van der Waals surface area contributed by atoms with E-state index in [-0.39, 0.29) is 69.1 Å². The zero-order chi connectivity index (χ0) is 103. The van der Waals surface area contributed by atoms with E-state index >= 15 is 0 Å². The maximum Gasteiger partial charge on any atom is 0.130 e. The summed E-state index contributed by atoms with van der Waals surface area (Å²) in [5.41, 5.74) is 6.38. The maximum absolute atomic E-state index is 11.4. The molecular formula is C133H181BrO11P2. The Hall–Kier alpha value is -10.2. The number of methoxy groups -OCH3 is 6. The van der Waals surface area contributed by atoms with Crippen molar-refractivity contribution in [3.8, 4) is 57.5 Å². The zero-order valence-electron chi connectivity index (χ0n) is 90.8. The van der Waals surface area contributed by atoms with Crippen LogP contribution in [-0.4, -0.2) is 81.3 Å². The molecule has 14 heteroatoms. The summed E-state index contributed by atoms with van der Waals surface area (Å²) in [6.07, 6.45) is 63.5. The fourth-order valence-corrected chi connectivity index (χ4v) is 31.4. The van der Waals surface area contributed by atoms with Crippen LogP contribution in [0.5, 0.6) is 57.5 Å². The third-order valence-corrected chi connectivity index (χ3v) is 39.8. The monoisotopic (exact) mass is 2100 g/mol. The Balaban J connectivity index is 0.000000209. The molecular weight excluding hydrogens is 1920 g/mol. The van der Waals surface area contributed by atoms with Crippen molar-refractivity contribution in [2.75, 3.05) is 48.8 Å². The molecule has 0 saturated heterocycles. The number of unbranched alkanes of at least 4 members (excludes halogenated alkanes) is 14. The largest absolute Gasteiger partial charge is 1.00 e. The molecule has 5 aliphatic rings. The topological polar surface area (TPSA) is 153 Å². The molecule has 0 unspecified atom stereocenters. The van der Waals surface area contributed by atoms with Gasteiger partial charge in [-0.25, -0.2) is 0 Å². The van der Waals surface area contributed by atoms with Crippen LogP contribution >= 0.6 is 14.1 Å². The summed E-state index contributed by atoms with van der Waals surface area (Å²) in [5, 5.41) is 47.7. The number of halogens is 1. The molecule has 5 aliphatic carbocycles. The Labute approximate surface area is 899 Å². The highest BCUT2D eigenvalue weighted by molar-refractivity contribution is 7.95. The van der Waals surface area contributed by atoms with Crippen LogP contribution in [0, 0.1) is 0 Å². The van der Waals surface area contributed by atoms with Crippen LogP contribution in [0.15, 0.2) is 297 Å². The molecule has 11 aromatic rings. The minimum Gasteiger partial charge on any atom is -1.00 e. The van der Waals surface area contributed by atoms with Crippen molar-refractivity contribution >= 4 is 58.1 Å². The zero-order valence-corrected chi connectivity index (χ0v) is 94.1. The van der Waals surface area contributed by atoms with Gasteiger partial charge >= 0.3 is 0 Å². The predicted molar refractivity (Wildman–Crippen MR) is 627 cm³/mol. The van der Waals surface area contributed by atoms with Gasteiger partial charge in [0.25, 0.3) is 0 Å². The normalized spacial score (nSPS) is 15.3. The highest BCUT2D eigenvalue weighted by Gasteiger charge is 2.46. The van der Waals surface area contributed by atoms with Crippen molar-refractivity contribution in [1.29, 1.82) is 0 Å². The van der Waals surface area contributed by atoms with E-state index in [1.165, 1.54) is 280 Å². The van der Waals surface area contributed by atoms with E-state index < -0.39 is 14.1 Å². The summed E-state index contributed by atoms with van der Waals surface area (Å²) in [5.74, 6) is 8.41. The molecule has 16 rings (SSSR count). The third-order valence-electron chi connectivity index (χ3n) is 31.1. The van der Waals surface area contributed by atoms with E-state index in [0.29, 0.717) is 5.41 Å². The van der Waals surface area contributed by atoms with Crippen molar-refractivity contribution in [3.05, 3.63) is 325 Å². The number of aromatic hydroxyl groups is 4. The van der Waals surface area contributed by atoms with Gasteiger partial charge in [0.2, 0.25) is 0 Å². The average molecular weight is 2100 g/mol. The lowest BCUT2D eigenvalue weighted by Gasteiger charge is -2.30. The number of hydrogen-bond acceptors (Lipinski definition) is 11. The van der Waals surface area contributed by atoms with Gasteiger partial charge in [0.1, 0.15) is 87.0 Å². The van der Waals surface area contributed by atoms with Crippen molar-refractivity contribution in [2.45, 2.75) is 346 Å². The Bertz CT molecular complexity index is 5290. The first-order chi connectivity index (χ1) is 70.8. The van der Waals surface area contributed by atoms with Crippen LogP contribution in [0.1, 0.15) is 346 Å². The molecule has 0 aliphatic heterocycles. The molecule has 0 heterocycles. The number of benzene rings is 11. The number of phenolic OH excluding ortho intramolecular Hbond substituents is 4. The molecule has 4 N–H and O–H groups in total. The van der Waals surface area contributed by atoms with Crippen molar-refractivity contribution in [2.24, 2.45) is 0 Å². The van der Waals surface area contributed by atoms with Gasteiger partial charge in [-0.15, -0.1) is 0 Å². The minimum atomic E-state index is -1.71. The van der Waals surface area contributed by atoms with E-state index in [4.69, 9.17) is 28.4 Å². The number of carbonyl (C=O) groups is 1. The second kappa shape index (κ2) is 65.0. The smallest absolute Gasteiger partial charge is 0.130 e. The third kappa shape index (κ3) is 34.9. The Morgan fingerprint density at radius 1 is 0.286 bits per heavy atom. The van der Waals surface area contributed by atoms with E-state index in [9.17, 15) is 25.2 Å². The number of hydrogen-bond donors (Lipinski definition) is 4. The first kappa shape index (κ1) is 122. The second-order valence-corrected chi connectivity index (χ2v) is 48.0. The molecule has 11 nitrogen and oxygen atoms in total. The number of phenols is 4. The van der Waals surface area contributed by atoms with Gasteiger partial charge < -0.3 is 70.6 Å². The molecule has 0 radical (unpaired) electrons. The summed E-state index contributed by atoms with van der Waals surface area (Å²) in [6, 6.07) is 95.3. The predicted octanol–water partition coefficient (Wildman–Crippen LogP) is 30.8. The van der Waals surface area contributed by atoms with Crippen LogP contribution in [0.2, 0.25) is 0 Å². The molecule has 5 fully saturated rings. The van der Waals surface area contributed by atoms with Crippen molar-refractivity contribution in [1.82, 2.24) is 0 Å².